The van der Waals surface area contributed by atoms with Crippen LogP contribution in [0, 0.1) is 0 Å². The van der Waals surface area contributed by atoms with E-state index in [0.29, 0.717) is 31.2 Å². The van der Waals surface area contributed by atoms with E-state index in [-0.39, 0.29) is 0 Å². The van der Waals surface area contributed by atoms with Crippen molar-refractivity contribution < 1.29 is 8.42 Å². The highest BCUT2D eigenvalue weighted by molar-refractivity contribution is 7.88. The lowest BCUT2D eigenvalue weighted by molar-refractivity contribution is 0.388. The lowest BCUT2D eigenvalue weighted by Gasteiger charge is -2.34. The van der Waals surface area contributed by atoms with Gasteiger partial charge in [-0.25, -0.2) is 18.4 Å². The maximum absolute atomic E-state index is 11.9. The van der Waals surface area contributed by atoms with Crippen molar-refractivity contribution in [1.82, 2.24) is 18.7 Å². The second kappa shape index (κ2) is 9.42. The van der Waals surface area contributed by atoms with Crippen molar-refractivity contribution in [2.24, 2.45) is 0 Å². The van der Waals surface area contributed by atoms with Crippen molar-refractivity contribution in [1.29, 1.82) is 0 Å². The number of hydrogen-bond donors (Lipinski definition) is 0. The number of rotatable bonds is 6. The summed E-state index contributed by atoms with van der Waals surface area (Å²) in [5, 5.41) is 3.63. The number of thiazole rings is 1. The zero-order valence-corrected chi connectivity index (χ0v) is 22.2. The van der Waals surface area contributed by atoms with E-state index in [9.17, 15) is 8.42 Å². The summed E-state index contributed by atoms with van der Waals surface area (Å²) in [6.45, 7) is 4.37. The van der Waals surface area contributed by atoms with Gasteiger partial charge in [0.1, 0.15) is 11.5 Å². The van der Waals surface area contributed by atoms with E-state index >= 15 is 0 Å². The van der Waals surface area contributed by atoms with Gasteiger partial charge < -0.3 is 9.80 Å². The van der Waals surface area contributed by atoms with Crippen LogP contribution < -0.4 is 9.80 Å². The maximum Gasteiger partial charge on any atom is 0.211 e. The minimum Gasteiger partial charge on any atom is -0.368 e. The van der Waals surface area contributed by atoms with Gasteiger partial charge in [-0.3, -0.25) is 4.40 Å². The molecule has 1 aliphatic heterocycles. The quantitative estimate of drug-likeness (QED) is 0.365. The van der Waals surface area contributed by atoms with Crippen LogP contribution in [0.25, 0.3) is 16.9 Å². The molecule has 5 rings (SSSR count). The molecule has 1 aromatic carbocycles. The number of benzene rings is 1. The van der Waals surface area contributed by atoms with Gasteiger partial charge in [-0.2, -0.15) is 4.31 Å². The van der Waals surface area contributed by atoms with E-state index < -0.39 is 10.0 Å². The van der Waals surface area contributed by atoms with Gasteiger partial charge in [0.2, 0.25) is 10.0 Å². The number of anilines is 3. The standard InChI is InChI=1S/C24H27ClN6O2S2/c1-4-20-23(28(2)24-27-21(16-34-24)17-5-7-18(25)8-6-17)31-15-19(9-10-22(31)26-20)29-11-13-30(14-12-29)35(3,32)33/h5-10,15-16H,4,11-14H2,1-3H3. The topological polar surface area (TPSA) is 74.1 Å². The van der Waals surface area contributed by atoms with Crippen LogP contribution in [0.1, 0.15) is 12.6 Å². The van der Waals surface area contributed by atoms with Crippen molar-refractivity contribution in [2.45, 2.75) is 13.3 Å². The molecule has 0 bridgehead atoms. The lowest BCUT2D eigenvalue weighted by Crippen LogP contribution is -2.48. The fourth-order valence-electron chi connectivity index (χ4n) is 4.39. The van der Waals surface area contributed by atoms with E-state index in [2.05, 4.69) is 38.8 Å². The number of hydrogen-bond acceptors (Lipinski definition) is 7. The summed E-state index contributed by atoms with van der Waals surface area (Å²) in [6, 6.07) is 11.8. The molecule has 35 heavy (non-hydrogen) atoms. The molecule has 4 heterocycles. The summed E-state index contributed by atoms with van der Waals surface area (Å²) in [4.78, 5) is 14.1. The van der Waals surface area contributed by atoms with Gasteiger partial charge in [-0.1, -0.05) is 30.7 Å². The lowest BCUT2D eigenvalue weighted by atomic mass is 10.2. The summed E-state index contributed by atoms with van der Waals surface area (Å²) in [7, 11) is -1.14. The predicted octanol–water partition coefficient (Wildman–Crippen LogP) is 4.52. The molecule has 0 N–H and O–H groups in total. The molecule has 0 aliphatic carbocycles. The molecule has 0 atom stereocenters. The van der Waals surface area contributed by atoms with Gasteiger partial charge in [0, 0.05) is 55.4 Å². The second-order valence-electron chi connectivity index (χ2n) is 8.58. The predicted molar refractivity (Wildman–Crippen MR) is 144 cm³/mol. The van der Waals surface area contributed by atoms with Crippen LogP contribution in [0.5, 0.6) is 0 Å². The number of fused-ring (bicyclic) bond motifs is 1. The van der Waals surface area contributed by atoms with Crippen LogP contribution >= 0.6 is 22.9 Å². The number of nitrogens with zero attached hydrogens (tertiary/aromatic N) is 6. The number of halogens is 1. The largest absolute Gasteiger partial charge is 0.368 e. The monoisotopic (exact) mass is 530 g/mol. The molecule has 184 valence electrons. The Hall–Kier alpha value is -2.66. The number of piperazine rings is 1. The van der Waals surface area contributed by atoms with Crippen LogP contribution in [0.2, 0.25) is 5.02 Å². The molecular weight excluding hydrogens is 504 g/mol. The average Bonchev–Trinajstić information content (AvgIpc) is 3.48. The van der Waals surface area contributed by atoms with Gasteiger partial charge in [0.15, 0.2) is 5.13 Å². The van der Waals surface area contributed by atoms with Crippen molar-refractivity contribution in [3.05, 3.63) is 58.7 Å². The summed E-state index contributed by atoms with van der Waals surface area (Å²) in [5.74, 6) is 0.983. The average molecular weight is 531 g/mol. The van der Waals surface area contributed by atoms with Crippen molar-refractivity contribution in [3.8, 4) is 11.3 Å². The first-order valence-electron chi connectivity index (χ1n) is 11.4. The van der Waals surface area contributed by atoms with Crippen molar-refractivity contribution >= 4 is 55.2 Å². The minimum absolute atomic E-state index is 0.486. The van der Waals surface area contributed by atoms with E-state index in [1.807, 2.05) is 37.4 Å². The van der Waals surface area contributed by atoms with Gasteiger partial charge in [0.25, 0.3) is 0 Å². The highest BCUT2D eigenvalue weighted by Crippen LogP contribution is 2.34. The molecule has 1 fully saturated rings. The number of imidazole rings is 1. The Morgan fingerprint density at radius 3 is 2.43 bits per heavy atom. The Balaban J connectivity index is 1.46. The Kier molecular flexibility index (Phi) is 6.47. The molecule has 0 amide bonds. The van der Waals surface area contributed by atoms with Crippen LogP contribution in [0.15, 0.2) is 48.0 Å². The Labute approximate surface area is 214 Å². The number of pyridine rings is 1. The van der Waals surface area contributed by atoms with E-state index in [1.165, 1.54) is 10.6 Å². The summed E-state index contributed by atoms with van der Waals surface area (Å²) >= 11 is 7.62. The van der Waals surface area contributed by atoms with Gasteiger partial charge in [-0.05, 0) is 30.7 Å². The molecule has 3 aromatic heterocycles. The SMILES string of the molecule is CCc1nc2ccc(N3CCN(S(C)(=O)=O)CC3)cn2c1N(C)c1nc(-c2ccc(Cl)cc2)cs1. The minimum atomic E-state index is -3.16. The first-order valence-corrected chi connectivity index (χ1v) is 14.5. The second-order valence-corrected chi connectivity index (χ2v) is 11.8. The third-order valence-electron chi connectivity index (χ3n) is 6.29. The molecule has 0 saturated carbocycles. The van der Waals surface area contributed by atoms with E-state index in [0.717, 1.165) is 45.7 Å². The van der Waals surface area contributed by atoms with Crippen molar-refractivity contribution in [3.63, 3.8) is 0 Å². The smallest absolute Gasteiger partial charge is 0.211 e. The van der Waals surface area contributed by atoms with Gasteiger partial charge in [0.05, 0.1) is 23.3 Å². The molecule has 0 spiro atoms. The van der Waals surface area contributed by atoms with Crippen LogP contribution in [0.4, 0.5) is 16.6 Å². The molecular formula is C24H27ClN6O2S2. The highest BCUT2D eigenvalue weighted by Gasteiger charge is 2.25. The normalized spacial score (nSPS) is 15.1. The van der Waals surface area contributed by atoms with Crippen LogP contribution in [0.3, 0.4) is 0 Å². The fourth-order valence-corrected chi connectivity index (χ4v) is 6.14. The molecule has 0 radical (unpaired) electrons. The summed E-state index contributed by atoms with van der Waals surface area (Å²) in [5.41, 5.74) is 4.84. The summed E-state index contributed by atoms with van der Waals surface area (Å²) in [6.07, 6.45) is 4.15. The zero-order chi connectivity index (χ0) is 24.7. The molecule has 1 saturated heterocycles. The van der Waals surface area contributed by atoms with Gasteiger partial charge >= 0.3 is 0 Å². The Morgan fingerprint density at radius 1 is 1.06 bits per heavy atom. The zero-order valence-electron chi connectivity index (χ0n) is 19.8. The summed E-state index contributed by atoms with van der Waals surface area (Å²) < 4.78 is 27.4. The molecule has 4 aromatic rings. The molecule has 8 nitrogen and oxygen atoms in total. The third-order valence-corrected chi connectivity index (χ3v) is 8.76. The Morgan fingerprint density at radius 2 is 1.77 bits per heavy atom. The van der Waals surface area contributed by atoms with Crippen molar-refractivity contribution in [2.75, 3.05) is 49.3 Å². The third kappa shape index (κ3) is 4.75. The van der Waals surface area contributed by atoms with Crippen LogP contribution in [-0.2, 0) is 16.4 Å². The number of sulfonamides is 1. The maximum atomic E-state index is 11.9. The van der Waals surface area contributed by atoms with Gasteiger partial charge in [-0.15, -0.1) is 11.3 Å². The van der Waals surface area contributed by atoms with Crippen LogP contribution in [-0.4, -0.2) is 66.6 Å². The first kappa shape index (κ1) is 24.1. The molecule has 1 aliphatic rings. The Bertz CT molecular complexity index is 1460. The number of aryl methyl sites for hydroxylation is 1. The number of aromatic nitrogens is 3. The molecule has 0 unspecified atom stereocenters. The molecule has 11 heteroatoms. The fraction of sp³-hybridized carbons (Fsp3) is 0.333. The van der Waals surface area contributed by atoms with E-state index in [4.69, 9.17) is 21.6 Å². The first-order chi connectivity index (χ1) is 16.7. The highest BCUT2D eigenvalue weighted by atomic mass is 35.5. The van der Waals surface area contributed by atoms with E-state index in [1.54, 1.807) is 11.3 Å².